The lowest BCUT2D eigenvalue weighted by Crippen LogP contribution is -2.46. The van der Waals surface area contributed by atoms with Crippen molar-refractivity contribution in [3.8, 4) is 23.3 Å². The molecule has 0 unspecified atom stereocenters. The molecule has 2 atom stereocenters. The van der Waals surface area contributed by atoms with E-state index in [1.54, 1.807) is 36.4 Å². The molecule has 2 N–H and O–H groups in total. The Hall–Kier alpha value is -3.26. The number of carbonyl (C=O) groups is 1. The number of hydrogen-bond acceptors (Lipinski definition) is 5. The SMILES string of the molecule is N#Cc1ccc(-c2ccc(C[C@@H](C#N)NC(=O)[C@@H]3CNCCCO3)c(F)c2)cc1. The Labute approximate surface area is 168 Å². The van der Waals surface area contributed by atoms with Crippen LogP contribution in [0.2, 0.25) is 0 Å². The van der Waals surface area contributed by atoms with E-state index in [-0.39, 0.29) is 12.3 Å². The summed E-state index contributed by atoms with van der Waals surface area (Å²) in [6, 6.07) is 14.8. The van der Waals surface area contributed by atoms with Crippen molar-refractivity contribution in [2.75, 3.05) is 19.7 Å². The molecule has 0 spiro atoms. The number of carbonyl (C=O) groups excluding carboxylic acids is 1. The fourth-order valence-corrected chi connectivity index (χ4v) is 3.13. The molecule has 0 bridgehead atoms. The molecule has 0 saturated carbocycles. The van der Waals surface area contributed by atoms with Crippen LogP contribution in [0, 0.1) is 28.5 Å². The van der Waals surface area contributed by atoms with E-state index >= 15 is 0 Å². The first-order valence-electron chi connectivity index (χ1n) is 9.42. The van der Waals surface area contributed by atoms with Gasteiger partial charge in [-0.05, 0) is 47.9 Å². The van der Waals surface area contributed by atoms with Gasteiger partial charge in [0.2, 0.25) is 0 Å². The Kier molecular flexibility index (Phi) is 6.91. The van der Waals surface area contributed by atoms with Crippen molar-refractivity contribution in [2.45, 2.75) is 25.0 Å². The number of halogens is 1. The Morgan fingerprint density at radius 1 is 1.24 bits per heavy atom. The number of nitrogens with zero attached hydrogens (tertiary/aromatic N) is 2. The molecule has 7 heteroatoms. The lowest BCUT2D eigenvalue weighted by molar-refractivity contribution is -0.132. The van der Waals surface area contributed by atoms with E-state index in [1.165, 1.54) is 6.07 Å². The summed E-state index contributed by atoms with van der Waals surface area (Å²) in [4.78, 5) is 12.3. The van der Waals surface area contributed by atoms with Crippen LogP contribution in [-0.4, -0.2) is 37.7 Å². The molecule has 1 saturated heterocycles. The van der Waals surface area contributed by atoms with Gasteiger partial charge in [-0.1, -0.05) is 24.3 Å². The predicted octanol–water partition coefficient (Wildman–Crippen LogP) is 2.29. The standard InChI is InChI=1S/C22H21FN4O2/c23-20-11-17(16-4-2-15(12-24)3-5-16)6-7-18(20)10-19(13-25)27-22(28)21-14-26-8-1-9-29-21/h2-7,11,19,21,26H,1,8-10,14H2,(H,27,28)/t19-,21-/m0/s1. The van der Waals surface area contributed by atoms with E-state index in [2.05, 4.69) is 10.6 Å². The van der Waals surface area contributed by atoms with Crippen LogP contribution in [0.25, 0.3) is 11.1 Å². The highest BCUT2D eigenvalue weighted by molar-refractivity contribution is 5.81. The zero-order valence-corrected chi connectivity index (χ0v) is 15.8. The highest BCUT2D eigenvalue weighted by Crippen LogP contribution is 2.23. The summed E-state index contributed by atoms with van der Waals surface area (Å²) < 4.78 is 20.1. The van der Waals surface area contributed by atoms with Crippen LogP contribution in [0.1, 0.15) is 17.5 Å². The number of benzene rings is 2. The Bertz CT molecular complexity index is 939. The van der Waals surface area contributed by atoms with Gasteiger partial charge >= 0.3 is 0 Å². The van der Waals surface area contributed by atoms with Gasteiger partial charge in [0.1, 0.15) is 18.0 Å². The number of ether oxygens (including phenoxy) is 1. The average molecular weight is 392 g/mol. The number of nitriles is 2. The Balaban J connectivity index is 1.67. The van der Waals surface area contributed by atoms with Gasteiger partial charge in [-0.25, -0.2) is 4.39 Å². The van der Waals surface area contributed by atoms with Gasteiger partial charge in [0.15, 0.2) is 0 Å². The topological polar surface area (TPSA) is 97.9 Å². The number of nitrogens with one attached hydrogen (secondary N) is 2. The van der Waals surface area contributed by atoms with Crippen molar-refractivity contribution >= 4 is 5.91 Å². The smallest absolute Gasteiger partial charge is 0.251 e. The lowest BCUT2D eigenvalue weighted by Gasteiger charge is -2.18. The van der Waals surface area contributed by atoms with Crippen molar-refractivity contribution in [1.82, 2.24) is 10.6 Å². The summed E-state index contributed by atoms with van der Waals surface area (Å²) in [5.41, 5.74) is 2.34. The molecule has 2 aromatic carbocycles. The molecular formula is C22H21FN4O2. The molecule has 1 aliphatic rings. The van der Waals surface area contributed by atoms with Gasteiger partial charge in [-0.3, -0.25) is 4.79 Å². The van der Waals surface area contributed by atoms with E-state index in [1.807, 2.05) is 12.1 Å². The van der Waals surface area contributed by atoms with E-state index < -0.39 is 18.0 Å². The summed E-state index contributed by atoms with van der Waals surface area (Å²) in [6.07, 6.45) is 0.223. The molecule has 0 radical (unpaired) electrons. The van der Waals surface area contributed by atoms with Gasteiger partial charge in [-0.15, -0.1) is 0 Å². The maximum Gasteiger partial charge on any atom is 0.251 e. The third-order valence-electron chi connectivity index (χ3n) is 4.74. The molecule has 1 aliphatic heterocycles. The normalized spacial score (nSPS) is 17.4. The molecule has 1 heterocycles. The molecule has 1 amide bonds. The van der Waals surface area contributed by atoms with Gasteiger partial charge in [0, 0.05) is 19.6 Å². The molecule has 29 heavy (non-hydrogen) atoms. The molecule has 6 nitrogen and oxygen atoms in total. The predicted molar refractivity (Wildman–Crippen MR) is 105 cm³/mol. The molecule has 0 aromatic heterocycles. The van der Waals surface area contributed by atoms with Crippen LogP contribution in [-0.2, 0) is 16.0 Å². The maximum atomic E-state index is 14.6. The molecule has 0 aliphatic carbocycles. The Morgan fingerprint density at radius 3 is 2.69 bits per heavy atom. The average Bonchev–Trinajstić information content (AvgIpc) is 3.04. The third-order valence-corrected chi connectivity index (χ3v) is 4.74. The molecule has 1 fully saturated rings. The van der Waals surface area contributed by atoms with Gasteiger partial charge in [-0.2, -0.15) is 10.5 Å². The zero-order valence-electron chi connectivity index (χ0n) is 15.8. The number of rotatable bonds is 5. The van der Waals surface area contributed by atoms with Crippen LogP contribution >= 0.6 is 0 Å². The van der Waals surface area contributed by atoms with Crippen LogP contribution in [0.5, 0.6) is 0 Å². The van der Waals surface area contributed by atoms with E-state index in [9.17, 15) is 14.4 Å². The second-order valence-corrected chi connectivity index (χ2v) is 6.81. The summed E-state index contributed by atoms with van der Waals surface area (Å²) in [6.45, 7) is 1.65. The third kappa shape index (κ3) is 5.39. The molecule has 148 valence electrons. The van der Waals surface area contributed by atoms with Crippen LogP contribution in [0.4, 0.5) is 4.39 Å². The summed E-state index contributed by atoms with van der Waals surface area (Å²) in [5, 5.41) is 24.0. The minimum atomic E-state index is -0.857. The quantitative estimate of drug-likeness (QED) is 0.814. The number of amides is 1. The fourth-order valence-electron chi connectivity index (χ4n) is 3.13. The minimum Gasteiger partial charge on any atom is -0.367 e. The van der Waals surface area contributed by atoms with Crippen LogP contribution < -0.4 is 10.6 Å². The van der Waals surface area contributed by atoms with Crippen molar-refractivity contribution < 1.29 is 13.9 Å². The first-order valence-corrected chi connectivity index (χ1v) is 9.42. The molecule has 3 rings (SSSR count). The van der Waals surface area contributed by atoms with Gasteiger partial charge < -0.3 is 15.4 Å². The molecular weight excluding hydrogens is 371 g/mol. The maximum absolute atomic E-state index is 14.6. The second-order valence-electron chi connectivity index (χ2n) is 6.81. The minimum absolute atomic E-state index is 0.0574. The fraction of sp³-hybridized carbons (Fsp3) is 0.318. The van der Waals surface area contributed by atoms with Gasteiger partial charge in [0.05, 0.1) is 17.7 Å². The van der Waals surface area contributed by atoms with E-state index in [0.29, 0.717) is 29.8 Å². The van der Waals surface area contributed by atoms with Gasteiger partial charge in [0.25, 0.3) is 5.91 Å². The zero-order chi connectivity index (χ0) is 20.6. The van der Waals surface area contributed by atoms with Crippen LogP contribution in [0.3, 0.4) is 0 Å². The van der Waals surface area contributed by atoms with E-state index in [0.717, 1.165) is 18.5 Å². The lowest BCUT2D eigenvalue weighted by atomic mass is 9.99. The monoisotopic (exact) mass is 392 g/mol. The van der Waals surface area contributed by atoms with Crippen molar-refractivity contribution in [3.05, 3.63) is 59.4 Å². The summed E-state index contributed by atoms with van der Waals surface area (Å²) in [5.74, 6) is -0.825. The van der Waals surface area contributed by atoms with Crippen molar-refractivity contribution in [3.63, 3.8) is 0 Å². The van der Waals surface area contributed by atoms with Crippen molar-refractivity contribution in [1.29, 1.82) is 10.5 Å². The molecule has 2 aromatic rings. The summed E-state index contributed by atoms with van der Waals surface area (Å²) >= 11 is 0. The largest absolute Gasteiger partial charge is 0.367 e. The second kappa shape index (κ2) is 9.79. The highest BCUT2D eigenvalue weighted by atomic mass is 19.1. The first-order chi connectivity index (χ1) is 14.1. The number of hydrogen-bond donors (Lipinski definition) is 2. The van der Waals surface area contributed by atoms with Crippen molar-refractivity contribution in [2.24, 2.45) is 0 Å². The summed E-state index contributed by atoms with van der Waals surface area (Å²) in [7, 11) is 0. The highest BCUT2D eigenvalue weighted by Gasteiger charge is 2.24. The van der Waals surface area contributed by atoms with E-state index in [4.69, 9.17) is 10.00 Å². The van der Waals surface area contributed by atoms with Crippen LogP contribution in [0.15, 0.2) is 42.5 Å². The Morgan fingerprint density at radius 2 is 2.00 bits per heavy atom. The first kappa shape index (κ1) is 20.5.